The third kappa shape index (κ3) is 2.94. The predicted octanol–water partition coefficient (Wildman–Crippen LogP) is 1.44. The fraction of sp³-hybridized carbons (Fsp3) is 0.632. The van der Waals surface area contributed by atoms with Crippen LogP contribution in [0.5, 0.6) is 0 Å². The smallest absolute Gasteiger partial charge is 0.338 e. The molecule has 26 heavy (non-hydrogen) atoms. The van der Waals surface area contributed by atoms with E-state index in [2.05, 4.69) is 6.58 Å². The van der Waals surface area contributed by atoms with E-state index in [-0.39, 0.29) is 18.9 Å². The van der Waals surface area contributed by atoms with Gasteiger partial charge in [0.2, 0.25) is 0 Å². The Morgan fingerprint density at radius 3 is 2.65 bits per heavy atom. The molecule has 142 valence electrons. The normalized spacial score (nSPS) is 36.2. The highest BCUT2D eigenvalue weighted by molar-refractivity contribution is 5.93. The molecule has 0 aromatic heterocycles. The second kappa shape index (κ2) is 6.54. The van der Waals surface area contributed by atoms with Gasteiger partial charge in [-0.2, -0.15) is 0 Å². The molecule has 3 rings (SSSR count). The summed E-state index contributed by atoms with van der Waals surface area (Å²) in [6, 6.07) is 0. The molecule has 1 aliphatic heterocycles. The molecule has 0 aromatic rings. The Bertz CT molecular complexity index is 707. The largest absolute Gasteiger partial charge is 0.461 e. The predicted molar refractivity (Wildman–Crippen MR) is 89.7 cm³/mol. The lowest BCUT2D eigenvalue weighted by Crippen LogP contribution is -2.55. The lowest BCUT2D eigenvalue weighted by Gasteiger charge is -2.53. The number of hydrogen-bond donors (Lipinski definition) is 1. The molecular weight excluding hydrogens is 340 g/mol. The number of esters is 3. The van der Waals surface area contributed by atoms with E-state index in [0.29, 0.717) is 24.0 Å². The first-order chi connectivity index (χ1) is 12.1. The molecule has 7 nitrogen and oxygen atoms in total. The monoisotopic (exact) mass is 364 g/mol. The summed E-state index contributed by atoms with van der Waals surface area (Å²) in [4.78, 5) is 34.8. The molecule has 3 aliphatic rings. The van der Waals surface area contributed by atoms with Crippen molar-refractivity contribution in [1.82, 2.24) is 0 Å². The minimum Gasteiger partial charge on any atom is -0.461 e. The molecule has 0 bridgehead atoms. The van der Waals surface area contributed by atoms with Crippen molar-refractivity contribution >= 4 is 17.9 Å². The van der Waals surface area contributed by atoms with Crippen LogP contribution in [0.15, 0.2) is 23.3 Å². The summed E-state index contributed by atoms with van der Waals surface area (Å²) in [6.07, 6.45) is -0.409. The van der Waals surface area contributed by atoms with Crippen LogP contribution in [0.2, 0.25) is 0 Å². The first-order valence-electron chi connectivity index (χ1n) is 8.75. The zero-order valence-electron chi connectivity index (χ0n) is 15.2. The lowest BCUT2D eigenvalue weighted by molar-refractivity contribution is -0.161. The van der Waals surface area contributed by atoms with E-state index in [4.69, 9.17) is 14.2 Å². The SMILES string of the molecule is C=C1C(OC(C)=O)CC(O)C2(C)CCC3=C(COC(C)=O)C(=O)OC3C12. The van der Waals surface area contributed by atoms with Crippen LogP contribution in [-0.4, -0.2) is 47.9 Å². The summed E-state index contributed by atoms with van der Waals surface area (Å²) >= 11 is 0. The first kappa shape index (κ1) is 18.6. The maximum absolute atomic E-state index is 12.3. The van der Waals surface area contributed by atoms with Gasteiger partial charge in [-0.15, -0.1) is 0 Å². The van der Waals surface area contributed by atoms with Gasteiger partial charge < -0.3 is 19.3 Å². The molecule has 0 aromatic carbocycles. The fourth-order valence-electron chi connectivity index (χ4n) is 4.49. The number of carbonyl (C=O) groups excluding carboxylic acids is 3. The molecule has 0 spiro atoms. The van der Waals surface area contributed by atoms with Crippen molar-refractivity contribution in [3.63, 3.8) is 0 Å². The molecule has 1 N–H and O–H groups in total. The van der Waals surface area contributed by atoms with Crippen molar-refractivity contribution in [3.05, 3.63) is 23.3 Å². The summed E-state index contributed by atoms with van der Waals surface area (Å²) < 4.78 is 15.9. The van der Waals surface area contributed by atoms with E-state index in [0.717, 1.165) is 5.57 Å². The summed E-state index contributed by atoms with van der Waals surface area (Å²) in [5.74, 6) is -1.79. The summed E-state index contributed by atoms with van der Waals surface area (Å²) in [6.45, 7) is 8.53. The lowest BCUT2D eigenvalue weighted by atomic mass is 9.55. The van der Waals surface area contributed by atoms with Crippen LogP contribution in [0, 0.1) is 11.3 Å². The number of fused-ring (bicyclic) bond motifs is 3. The number of aliphatic hydroxyl groups is 1. The Hall–Kier alpha value is -2.15. The average molecular weight is 364 g/mol. The topological polar surface area (TPSA) is 99.1 Å². The maximum Gasteiger partial charge on any atom is 0.338 e. The molecule has 7 heteroatoms. The minimum atomic E-state index is -0.708. The highest BCUT2D eigenvalue weighted by Gasteiger charge is 2.58. The average Bonchev–Trinajstić information content (AvgIpc) is 2.85. The zero-order valence-corrected chi connectivity index (χ0v) is 15.2. The van der Waals surface area contributed by atoms with E-state index < -0.39 is 41.6 Å². The van der Waals surface area contributed by atoms with Gasteiger partial charge in [-0.3, -0.25) is 9.59 Å². The van der Waals surface area contributed by atoms with Gasteiger partial charge in [0.15, 0.2) is 0 Å². The zero-order chi connectivity index (χ0) is 19.2. The van der Waals surface area contributed by atoms with Crippen molar-refractivity contribution in [2.24, 2.45) is 11.3 Å². The highest BCUT2D eigenvalue weighted by Crippen LogP contribution is 2.56. The number of ether oxygens (including phenoxy) is 3. The van der Waals surface area contributed by atoms with Crippen molar-refractivity contribution in [2.75, 3.05) is 6.61 Å². The standard InChI is InChI=1S/C19H24O7/c1-9-14(25-11(3)21)7-15(22)19(4)6-5-12-13(8-24-10(2)20)18(23)26-17(12)16(9)19/h14-17,22H,1,5-8H2,2-4H3. The van der Waals surface area contributed by atoms with Crippen LogP contribution < -0.4 is 0 Å². The van der Waals surface area contributed by atoms with Gasteiger partial charge >= 0.3 is 17.9 Å². The fourth-order valence-corrected chi connectivity index (χ4v) is 4.49. The van der Waals surface area contributed by atoms with E-state index in [1.165, 1.54) is 13.8 Å². The summed E-state index contributed by atoms with van der Waals surface area (Å²) in [7, 11) is 0. The number of aliphatic hydroxyl groups excluding tert-OH is 1. The summed E-state index contributed by atoms with van der Waals surface area (Å²) in [5.41, 5.74) is 1.27. The molecule has 5 unspecified atom stereocenters. The van der Waals surface area contributed by atoms with E-state index in [1.54, 1.807) is 0 Å². The highest BCUT2D eigenvalue weighted by atomic mass is 16.6. The van der Waals surface area contributed by atoms with Crippen LogP contribution >= 0.6 is 0 Å². The Morgan fingerprint density at radius 2 is 2.04 bits per heavy atom. The van der Waals surface area contributed by atoms with Crippen molar-refractivity contribution in [2.45, 2.75) is 58.3 Å². The van der Waals surface area contributed by atoms with Crippen molar-refractivity contribution in [3.8, 4) is 0 Å². The van der Waals surface area contributed by atoms with Gasteiger partial charge in [0.05, 0.1) is 11.7 Å². The molecule has 5 atom stereocenters. The summed E-state index contributed by atoms with van der Waals surface area (Å²) in [5, 5.41) is 10.7. The Morgan fingerprint density at radius 1 is 1.35 bits per heavy atom. The quantitative estimate of drug-likeness (QED) is 0.459. The van der Waals surface area contributed by atoms with Gasteiger partial charge in [0.1, 0.15) is 18.8 Å². The molecule has 2 fully saturated rings. The molecule has 0 amide bonds. The third-order valence-corrected chi connectivity index (χ3v) is 5.90. The van der Waals surface area contributed by atoms with Gasteiger partial charge in [-0.1, -0.05) is 13.5 Å². The van der Waals surface area contributed by atoms with E-state index in [1.807, 2.05) is 6.92 Å². The van der Waals surface area contributed by atoms with E-state index >= 15 is 0 Å². The minimum absolute atomic E-state index is 0.119. The Kier molecular flexibility index (Phi) is 4.69. The second-order valence-electron chi connectivity index (χ2n) is 7.52. The van der Waals surface area contributed by atoms with Gasteiger partial charge in [-0.05, 0) is 24.0 Å². The Labute approximate surface area is 152 Å². The number of carbonyl (C=O) groups is 3. The Balaban J connectivity index is 1.94. The number of rotatable bonds is 3. The van der Waals surface area contributed by atoms with Crippen LogP contribution in [0.1, 0.15) is 40.0 Å². The van der Waals surface area contributed by atoms with Gasteiger partial charge in [0, 0.05) is 31.6 Å². The van der Waals surface area contributed by atoms with Gasteiger partial charge in [-0.25, -0.2) is 4.79 Å². The van der Waals surface area contributed by atoms with Crippen molar-refractivity contribution < 1.29 is 33.7 Å². The third-order valence-electron chi connectivity index (χ3n) is 5.90. The maximum atomic E-state index is 12.3. The number of hydrogen-bond acceptors (Lipinski definition) is 7. The molecule has 2 saturated carbocycles. The molecule has 2 aliphatic carbocycles. The van der Waals surface area contributed by atoms with Crippen LogP contribution in [0.3, 0.4) is 0 Å². The van der Waals surface area contributed by atoms with Crippen LogP contribution in [0.4, 0.5) is 0 Å². The van der Waals surface area contributed by atoms with Gasteiger partial charge in [0.25, 0.3) is 0 Å². The van der Waals surface area contributed by atoms with Crippen LogP contribution in [-0.2, 0) is 28.6 Å². The molecule has 1 heterocycles. The van der Waals surface area contributed by atoms with Crippen molar-refractivity contribution in [1.29, 1.82) is 0 Å². The second-order valence-corrected chi connectivity index (χ2v) is 7.52. The van der Waals surface area contributed by atoms with E-state index in [9.17, 15) is 19.5 Å². The van der Waals surface area contributed by atoms with Crippen LogP contribution in [0.25, 0.3) is 0 Å². The molecule has 0 radical (unpaired) electrons. The first-order valence-corrected chi connectivity index (χ1v) is 8.75. The molecular formula is C19H24O7. The molecule has 0 saturated heterocycles.